The SMILES string of the molecule is COc1ccc(Cl)cc1C(N)c1ccc(Br)cc1. The molecule has 0 radical (unpaired) electrons. The predicted octanol–water partition coefficient (Wildman–Crippen LogP) is 4.16. The Kier molecular flexibility index (Phi) is 4.27. The van der Waals surface area contributed by atoms with Crippen LogP contribution in [-0.4, -0.2) is 7.11 Å². The molecule has 2 aromatic carbocycles. The Bertz CT molecular complexity index is 542. The summed E-state index contributed by atoms with van der Waals surface area (Å²) in [4.78, 5) is 0. The third kappa shape index (κ3) is 2.86. The van der Waals surface area contributed by atoms with Gasteiger partial charge in [-0.1, -0.05) is 39.7 Å². The molecule has 0 amide bonds. The van der Waals surface area contributed by atoms with E-state index in [1.165, 1.54) is 0 Å². The predicted molar refractivity (Wildman–Crippen MR) is 78.2 cm³/mol. The fourth-order valence-electron chi connectivity index (χ4n) is 1.80. The Labute approximate surface area is 120 Å². The highest BCUT2D eigenvalue weighted by Crippen LogP contribution is 2.31. The van der Waals surface area contributed by atoms with Crippen LogP contribution >= 0.6 is 27.5 Å². The molecule has 0 aromatic heterocycles. The molecule has 2 N–H and O–H groups in total. The first-order valence-corrected chi connectivity index (χ1v) is 6.63. The van der Waals surface area contributed by atoms with Crippen LogP contribution in [0, 0.1) is 0 Å². The van der Waals surface area contributed by atoms with Crippen LogP contribution in [0.3, 0.4) is 0 Å². The van der Waals surface area contributed by atoms with Crippen molar-refractivity contribution in [3.05, 3.63) is 63.1 Å². The van der Waals surface area contributed by atoms with E-state index in [2.05, 4.69) is 15.9 Å². The fourth-order valence-corrected chi connectivity index (χ4v) is 2.24. The minimum Gasteiger partial charge on any atom is -0.496 e. The van der Waals surface area contributed by atoms with E-state index in [9.17, 15) is 0 Å². The molecule has 0 aliphatic heterocycles. The summed E-state index contributed by atoms with van der Waals surface area (Å²) in [6, 6.07) is 13.1. The molecular weight excluding hydrogens is 314 g/mol. The smallest absolute Gasteiger partial charge is 0.124 e. The van der Waals surface area contributed by atoms with Gasteiger partial charge in [-0.05, 0) is 35.9 Å². The third-order valence-electron chi connectivity index (χ3n) is 2.76. The van der Waals surface area contributed by atoms with Crippen LogP contribution < -0.4 is 10.5 Å². The lowest BCUT2D eigenvalue weighted by Gasteiger charge is -2.16. The zero-order chi connectivity index (χ0) is 13.1. The third-order valence-corrected chi connectivity index (χ3v) is 3.52. The molecule has 0 saturated carbocycles. The topological polar surface area (TPSA) is 35.2 Å². The number of methoxy groups -OCH3 is 1. The maximum Gasteiger partial charge on any atom is 0.124 e. The summed E-state index contributed by atoms with van der Waals surface area (Å²) in [6.45, 7) is 0. The average Bonchev–Trinajstić information content (AvgIpc) is 2.39. The highest BCUT2D eigenvalue weighted by atomic mass is 79.9. The van der Waals surface area contributed by atoms with Crippen molar-refractivity contribution in [3.8, 4) is 5.75 Å². The molecule has 4 heteroatoms. The van der Waals surface area contributed by atoms with E-state index in [-0.39, 0.29) is 6.04 Å². The molecule has 2 aromatic rings. The molecule has 1 atom stereocenters. The standard InChI is InChI=1S/C14H13BrClNO/c1-18-13-7-6-11(16)8-12(13)14(17)9-2-4-10(15)5-3-9/h2-8,14H,17H2,1H3. The van der Waals surface area contributed by atoms with Crippen LogP contribution in [0.2, 0.25) is 5.02 Å². The second-order valence-corrected chi connectivity index (χ2v) is 5.27. The summed E-state index contributed by atoms with van der Waals surface area (Å²) in [5, 5.41) is 0.651. The first-order chi connectivity index (χ1) is 8.61. The Morgan fingerprint density at radius 1 is 1.17 bits per heavy atom. The molecular formula is C14H13BrClNO. The molecule has 0 bridgehead atoms. The van der Waals surface area contributed by atoms with Gasteiger partial charge in [0.25, 0.3) is 0 Å². The first-order valence-electron chi connectivity index (χ1n) is 5.46. The lowest BCUT2D eigenvalue weighted by molar-refractivity contribution is 0.408. The van der Waals surface area contributed by atoms with Gasteiger partial charge in [0, 0.05) is 15.1 Å². The van der Waals surface area contributed by atoms with Crippen LogP contribution in [0.25, 0.3) is 0 Å². The molecule has 0 fully saturated rings. The summed E-state index contributed by atoms with van der Waals surface area (Å²) >= 11 is 9.42. The lowest BCUT2D eigenvalue weighted by atomic mass is 9.99. The Morgan fingerprint density at radius 3 is 2.44 bits per heavy atom. The van der Waals surface area contributed by atoms with Crippen molar-refractivity contribution in [3.63, 3.8) is 0 Å². The summed E-state index contributed by atoms with van der Waals surface area (Å²) in [6.07, 6.45) is 0. The van der Waals surface area contributed by atoms with Crippen molar-refractivity contribution in [1.82, 2.24) is 0 Å². The van der Waals surface area contributed by atoms with Crippen molar-refractivity contribution >= 4 is 27.5 Å². The molecule has 2 nitrogen and oxygen atoms in total. The summed E-state index contributed by atoms with van der Waals surface area (Å²) < 4.78 is 6.34. The lowest BCUT2D eigenvalue weighted by Crippen LogP contribution is -2.13. The van der Waals surface area contributed by atoms with Gasteiger partial charge < -0.3 is 10.5 Å². The van der Waals surface area contributed by atoms with Crippen LogP contribution in [-0.2, 0) is 0 Å². The summed E-state index contributed by atoms with van der Waals surface area (Å²) in [7, 11) is 1.63. The van der Waals surface area contributed by atoms with E-state index in [1.807, 2.05) is 36.4 Å². The van der Waals surface area contributed by atoms with E-state index in [4.69, 9.17) is 22.1 Å². The number of halogens is 2. The van der Waals surface area contributed by atoms with E-state index >= 15 is 0 Å². The van der Waals surface area contributed by atoms with Gasteiger partial charge in [0.05, 0.1) is 13.2 Å². The average molecular weight is 327 g/mol. The van der Waals surface area contributed by atoms with E-state index in [0.717, 1.165) is 21.3 Å². The first kappa shape index (κ1) is 13.4. The van der Waals surface area contributed by atoms with E-state index in [0.29, 0.717) is 5.02 Å². The maximum atomic E-state index is 6.26. The molecule has 18 heavy (non-hydrogen) atoms. The summed E-state index contributed by atoms with van der Waals surface area (Å²) in [5.74, 6) is 0.745. The minimum atomic E-state index is -0.258. The van der Waals surface area contributed by atoms with Gasteiger partial charge in [-0.15, -0.1) is 0 Å². The van der Waals surface area contributed by atoms with Gasteiger partial charge in [0.1, 0.15) is 5.75 Å². The van der Waals surface area contributed by atoms with Gasteiger partial charge in [0.15, 0.2) is 0 Å². The summed E-state index contributed by atoms with van der Waals surface area (Å²) in [5.41, 5.74) is 8.15. The molecule has 0 heterocycles. The van der Waals surface area contributed by atoms with Crippen LogP contribution in [0.15, 0.2) is 46.9 Å². The highest BCUT2D eigenvalue weighted by Gasteiger charge is 2.14. The van der Waals surface area contributed by atoms with Crippen LogP contribution in [0.1, 0.15) is 17.2 Å². The second kappa shape index (κ2) is 5.74. The molecule has 0 saturated heterocycles. The van der Waals surface area contributed by atoms with Gasteiger partial charge in [-0.3, -0.25) is 0 Å². The van der Waals surface area contributed by atoms with Crippen LogP contribution in [0.5, 0.6) is 5.75 Å². The molecule has 2 rings (SSSR count). The quantitative estimate of drug-likeness (QED) is 0.919. The number of benzene rings is 2. The van der Waals surface area contributed by atoms with E-state index in [1.54, 1.807) is 13.2 Å². The number of hydrogen-bond donors (Lipinski definition) is 1. The van der Waals surface area contributed by atoms with Crippen molar-refractivity contribution in [2.24, 2.45) is 5.73 Å². The number of nitrogens with two attached hydrogens (primary N) is 1. The van der Waals surface area contributed by atoms with Gasteiger partial charge in [-0.25, -0.2) is 0 Å². The zero-order valence-corrected chi connectivity index (χ0v) is 12.2. The van der Waals surface area contributed by atoms with Crippen molar-refractivity contribution in [2.75, 3.05) is 7.11 Å². The molecule has 0 aliphatic carbocycles. The number of hydrogen-bond acceptors (Lipinski definition) is 2. The second-order valence-electron chi connectivity index (χ2n) is 3.92. The Hall–Kier alpha value is -1.03. The maximum absolute atomic E-state index is 6.26. The largest absolute Gasteiger partial charge is 0.496 e. The van der Waals surface area contributed by atoms with Crippen molar-refractivity contribution in [1.29, 1.82) is 0 Å². The molecule has 1 unspecified atom stereocenters. The van der Waals surface area contributed by atoms with Gasteiger partial charge >= 0.3 is 0 Å². The number of ether oxygens (including phenoxy) is 1. The van der Waals surface area contributed by atoms with E-state index < -0.39 is 0 Å². The van der Waals surface area contributed by atoms with Gasteiger partial charge in [-0.2, -0.15) is 0 Å². The minimum absolute atomic E-state index is 0.258. The Morgan fingerprint density at radius 2 is 1.83 bits per heavy atom. The molecule has 0 aliphatic rings. The highest BCUT2D eigenvalue weighted by molar-refractivity contribution is 9.10. The number of rotatable bonds is 3. The van der Waals surface area contributed by atoms with Crippen LogP contribution in [0.4, 0.5) is 0 Å². The normalized spacial score (nSPS) is 12.2. The van der Waals surface area contributed by atoms with Gasteiger partial charge in [0.2, 0.25) is 0 Å². The zero-order valence-electron chi connectivity index (χ0n) is 9.86. The molecule has 94 valence electrons. The fraction of sp³-hybridized carbons (Fsp3) is 0.143. The molecule has 0 spiro atoms. The van der Waals surface area contributed by atoms with Crippen molar-refractivity contribution < 1.29 is 4.74 Å². The monoisotopic (exact) mass is 325 g/mol. The Balaban J connectivity index is 2.41. The van der Waals surface area contributed by atoms with Crippen molar-refractivity contribution in [2.45, 2.75) is 6.04 Å².